The topological polar surface area (TPSA) is 50.4 Å². The molecule has 3 aromatic rings. The zero-order valence-electron chi connectivity index (χ0n) is 17.2. The van der Waals surface area contributed by atoms with Crippen molar-refractivity contribution in [3.8, 4) is 5.69 Å². The summed E-state index contributed by atoms with van der Waals surface area (Å²) in [4.78, 5) is 15.2. The number of rotatable bonds is 6. The highest BCUT2D eigenvalue weighted by atomic mass is 16.3. The summed E-state index contributed by atoms with van der Waals surface area (Å²) in [5.74, 6) is 0.868. The number of nitrogens with one attached hydrogen (secondary N) is 1. The van der Waals surface area contributed by atoms with Gasteiger partial charge in [-0.05, 0) is 88.3 Å². The standard InChI is InChI=1S/C24H29N3O2/c1-18-8-9-19(2)27(18)21-12-10-20(11-13-21)24(28)25-17-22(23-7-6-16-29-23)26-14-4-3-5-15-26/h6-13,16,22H,3-5,14-15,17H2,1-2H3,(H,25,28)/t22-/m0/s1. The zero-order chi connectivity index (χ0) is 20.2. The maximum Gasteiger partial charge on any atom is 0.251 e. The van der Waals surface area contributed by atoms with E-state index in [0.717, 1.165) is 24.5 Å². The molecule has 1 aliphatic heterocycles. The Morgan fingerprint density at radius 2 is 1.69 bits per heavy atom. The van der Waals surface area contributed by atoms with Crippen LogP contribution in [0.5, 0.6) is 0 Å². The molecule has 0 saturated carbocycles. The molecule has 5 nitrogen and oxygen atoms in total. The second-order valence-corrected chi connectivity index (χ2v) is 7.84. The van der Waals surface area contributed by atoms with Crippen molar-refractivity contribution in [3.63, 3.8) is 0 Å². The minimum atomic E-state index is -0.0499. The fourth-order valence-corrected chi connectivity index (χ4v) is 4.25. The van der Waals surface area contributed by atoms with Crippen molar-refractivity contribution in [1.29, 1.82) is 0 Å². The van der Waals surface area contributed by atoms with E-state index in [4.69, 9.17) is 4.42 Å². The first-order valence-electron chi connectivity index (χ1n) is 10.4. The molecule has 29 heavy (non-hydrogen) atoms. The number of piperidine rings is 1. The van der Waals surface area contributed by atoms with E-state index in [-0.39, 0.29) is 11.9 Å². The Balaban J connectivity index is 1.44. The van der Waals surface area contributed by atoms with Gasteiger partial charge >= 0.3 is 0 Å². The van der Waals surface area contributed by atoms with E-state index in [2.05, 4.69) is 40.8 Å². The van der Waals surface area contributed by atoms with E-state index in [0.29, 0.717) is 12.1 Å². The van der Waals surface area contributed by atoms with Crippen LogP contribution in [0.15, 0.2) is 59.2 Å². The van der Waals surface area contributed by atoms with Crippen LogP contribution in [0.4, 0.5) is 0 Å². The predicted octanol–water partition coefficient (Wildman–Crippen LogP) is 4.64. The summed E-state index contributed by atoms with van der Waals surface area (Å²) < 4.78 is 7.86. The number of hydrogen-bond acceptors (Lipinski definition) is 3. The van der Waals surface area contributed by atoms with Gasteiger partial charge in [0.05, 0.1) is 12.3 Å². The SMILES string of the molecule is Cc1ccc(C)n1-c1ccc(C(=O)NC[C@@H](c2ccco2)N2CCCCC2)cc1. The lowest BCUT2D eigenvalue weighted by Gasteiger charge is -2.33. The number of amides is 1. The molecular weight excluding hydrogens is 362 g/mol. The molecule has 3 heterocycles. The number of likely N-dealkylation sites (tertiary alicyclic amines) is 1. The average Bonchev–Trinajstić information content (AvgIpc) is 3.39. The Kier molecular flexibility index (Phi) is 5.86. The van der Waals surface area contributed by atoms with Gasteiger partial charge in [-0.3, -0.25) is 9.69 Å². The highest BCUT2D eigenvalue weighted by Gasteiger charge is 2.25. The molecule has 1 saturated heterocycles. The normalized spacial score (nSPS) is 15.9. The monoisotopic (exact) mass is 391 g/mol. The molecule has 2 aromatic heterocycles. The summed E-state index contributed by atoms with van der Waals surface area (Å²) in [6, 6.07) is 16.0. The molecule has 0 bridgehead atoms. The number of benzene rings is 1. The van der Waals surface area contributed by atoms with Crippen LogP contribution in [0, 0.1) is 13.8 Å². The van der Waals surface area contributed by atoms with Crippen LogP contribution in [0.2, 0.25) is 0 Å². The van der Waals surface area contributed by atoms with Gasteiger partial charge in [0.2, 0.25) is 0 Å². The Hall–Kier alpha value is -2.79. The van der Waals surface area contributed by atoms with Crippen molar-refractivity contribution in [2.45, 2.75) is 39.2 Å². The number of aryl methyl sites for hydroxylation is 2. The minimum absolute atomic E-state index is 0.0499. The van der Waals surface area contributed by atoms with E-state index < -0.39 is 0 Å². The number of hydrogen-bond donors (Lipinski definition) is 1. The molecule has 0 aliphatic carbocycles. The molecule has 0 unspecified atom stereocenters. The second-order valence-electron chi connectivity index (χ2n) is 7.84. The van der Waals surface area contributed by atoms with Crippen molar-refractivity contribution < 1.29 is 9.21 Å². The zero-order valence-corrected chi connectivity index (χ0v) is 17.2. The van der Waals surface area contributed by atoms with Gasteiger partial charge in [-0.1, -0.05) is 6.42 Å². The Morgan fingerprint density at radius 1 is 1.00 bits per heavy atom. The summed E-state index contributed by atoms with van der Waals surface area (Å²) in [5.41, 5.74) is 4.11. The van der Waals surface area contributed by atoms with Gasteiger partial charge < -0.3 is 14.3 Å². The first-order chi connectivity index (χ1) is 14.1. The Bertz CT molecular complexity index is 916. The Labute approximate surface area is 172 Å². The summed E-state index contributed by atoms with van der Waals surface area (Å²) in [6.07, 6.45) is 5.38. The largest absolute Gasteiger partial charge is 0.468 e. The first kappa shape index (κ1) is 19.5. The fraction of sp³-hybridized carbons (Fsp3) is 0.375. The van der Waals surface area contributed by atoms with Crippen molar-refractivity contribution in [3.05, 3.63) is 77.5 Å². The van der Waals surface area contributed by atoms with Gasteiger partial charge in [0, 0.05) is 29.2 Å². The number of nitrogens with zero attached hydrogens (tertiary/aromatic N) is 2. The van der Waals surface area contributed by atoms with Gasteiger partial charge in [0.25, 0.3) is 5.91 Å². The summed E-state index contributed by atoms with van der Waals surface area (Å²) >= 11 is 0. The molecule has 0 spiro atoms. The van der Waals surface area contributed by atoms with E-state index in [1.165, 1.54) is 30.7 Å². The van der Waals surface area contributed by atoms with Crippen LogP contribution < -0.4 is 5.32 Å². The van der Waals surface area contributed by atoms with Gasteiger partial charge in [0.1, 0.15) is 5.76 Å². The van der Waals surface area contributed by atoms with Crippen LogP contribution in [0.1, 0.15) is 52.8 Å². The number of carbonyl (C=O) groups excluding carboxylic acids is 1. The van der Waals surface area contributed by atoms with Crippen molar-refractivity contribution >= 4 is 5.91 Å². The molecule has 1 fully saturated rings. The van der Waals surface area contributed by atoms with Crippen LogP contribution in [0.25, 0.3) is 5.69 Å². The van der Waals surface area contributed by atoms with Crippen molar-refractivity contribution in [1.82, 2.24) is 14.8 Å². The molecule has 152 valence electrons. The quantitative estimate of drug-likeness (QED) is 0.666. The molecular formula is C24H29N3O2. The highest BCUT2D eigenvalue weighted by Crippen LogP contribution is 2.24. The smallest absolute Gasteiger partial charge is 0.251 e. The van der Waals surface area contributed by atoms with Crippen LogP contribution in [-0.2, 0) is 0 Å². The predicted molar refractivity (Wildman–Crippen MR) is 114 cm³/mol. The molecule has 4 rings (SSSR count). The van der Waals surface area contributed by atoms with Gasteiger partial charge in [-0.2, -0.15) is 0 Å². The maximum atomic E-state index is 12.8. The summed E-state index contributed by atoms with van der Waals surface area (Å²) in [7, 11) is 0. The number of aromatic nitrogens is 1. The van der Waals surface area contributed by atoms with Crippen molar-refractivity contribution in [2.75, 3.05) is 19.6 Å². The number of furan rings is 1. The van der Waals surface area contributed by atoms with E-state index in [1.54, 1.807) is 6.26 Å². The Morgan fingerprint density at radius 3 is 2.31 bits per heavy atom. The average molecular weight is 392 g/mol. The highest BCUT2D eigenvalue weighted by molar-refractivity contribution is 5.94. The molecule has 0 radical (unpaired) electrons. The van der Waals surface area contributed by atoms with Gasteiger partial charge in [-0.15, -0.1) is 0 Å². The molecule has 1 atom stereocenters. The van der Waals surface area contributed by atoms with Crippen molar-refractivity contribution in [2.24, 2.45) is 0 Å². The van der Waals surface area contributed by atoms with Crippen LogP contribution in [0.3, 0.4) is 0 Å². The van der Waals surface area contributed by atoms with Gasteiger partial charge in [-0.25, -0.2) is 0 Å². The summed E-state index contributed by atoms with van der Waals surface area (Å²) in [5, 5.41) is 3.11. The van der Waals surface area contributed by atoms with Crippen LogP contribution >= 0.6 is 0 Å². The molecule has 1 aliphatic rings. The lowest BCUT2D eigenvalue weighted by molar-refractivity contribution is 0.0914. The second kappa shape index (κ2) is 8.70. The lowest BCUT2D eigenvalue weighted by Crippen LogP contribution is -2.40. The fourth-order valence-electron chi connectivity index (χ4n) is 4.25. The molecule has 1 N–H and O–H groups in total. The third-order valence-corrected chi connectivity index (χ3v) is 5.82. The van der Waals surface area contributed by atoms with E-state index in [9.17, 15) is 4.79 Å². The molecule has 1 aromatic carbocycles. The number of carbonyl (C=O) groups is 1. The maximum absolute atomic E-state index is 12.8. The summed E-state index contributed by atoms with van der Waals surface area (Å²) in [6.45, 7) is 6.81. The first-order valence-corrected chi connectivity index (χ1v) is 10.4. The lowest BCUT2D eigenvalue weighted by atomic mass is 10.1. The van der Waals surface area contributed by atoms with Gasteiger partial charge in [0.15, 0.2) is 0 Å². The third kappa shape index (κ3) is 4.30. The van der Waals surface area contributed by atoms with E-state index >= 15 is 0 Å². The molecule has 5 heteroatoms. The van der Waals surface area contributed by atoms with Crippen LogP contribution in [-0.4, -0.2) is 35.0 Å². The molecule has 1 amide bonds. The van der Waals surface area contributed by atoms with E-state index in [1.807, 2.05) is 36.4 Å². The minimum Gasteiger partial charge on any atom is -0.468 e. The third-order valence-electron chi connectivity index (χ3n) is 5.82.